The molecule has 0 aromatic heterocycles. The molecule has 0 fully saturated rings. The van der Waals surface area contributed by atoms with Crippen LogP contribution in [0.5, 0.6) is 0 Å². The van der Waals surface area contributed by atoms with Gasteiger partial charge < -0.3 is 0 Å². The highest BCUT2D eigenvalue weighted by Gasteiger charge is 2.30. The lowest BCUT2D eigenvalue weighted by Gasteiger charge is -2.23. The first-order chi connectivity index (χ1) is 7.20. The molecular weight excluding hydrogens is 313 g/mol. The smallest absolute Gasteiger partial charge is 0.208 e. The average Bonchev–Trinajstić information content (AvgIpc) is 2.13. The maximum absolute atomic E-state index is 11.5. The van der Waals surface area contributed by atoms with Crippen LogP contribution < -0.4 is 3.71 Å². The predicted octanol–water partition coefficient (Wildman–Crippen LogP) is 3.43. The number of benzene rings is 1. The molecule has 0 amide bonds. The van der Waals surface area contributed by atoms with E-state index < -0.39 is 13.1 Å². The largest absolute Gasteiger partial charge is 0.257 e. The van der Waals surface area contributed by atoms with Crippen molar-refractivity contribution >= 4 is 62.5 Å². The molecule has 1 rings (SSSR count). The van der Waals surface area contributed by atoms with Gasteiger partial charge in [0.25, 0.3) is 3.12 Å². The summed E-state index contributed by atoms with van der Waals surface area (Å²) in [5.74, 6) is 0. The minimum atomic E-state index is -3.51. The maximum Gasteiger partial charge on any atom is 0.257 e. The zero-order valence-electron chi connectivity index (χ0n) is 8.10. The topological polar surface area (TPSA) is 37.4 Å². The fourth-order valence-electron chi connectivity index (χ4n) is 0.956. The molecule has 0 radical (unpaired) electrons. The van der Waals surface area contributed by atoms with E-state index in [1.54, 1.807) is 30.3 Å². The van der Waals surface area contributed by atoms with E-state index in [0.29, 0.717) is 17.6 Å². The zero-order chi connectivity index (χ0) is 12.4. The van der Waals surface area contributed by atoms with E-state index in [1.807, 2.05) is 0 Å². The Labute approximate surface area is 114 Å². The second-order valence-electron chi connectivity index (χ2n) is 2.86. The third-order valence-electron chi connectivity index (χ3n) is 1.45. The first-order valence-electron chi connectivity index (χ1n) is 4.01. The summed E-state index contributed by atoms with van der Waals surface area (Å²) >= 11 is 17.3. The predicted molar refractivity (Wildman–Crippen MR) is 71.6 cm³/mol. The van der Waals surface area contributed by atoms with Crippen LogP contribution in [-0.4, -0.2) is 17.8 Å². The third-order valence-corrected chi connectivity index (χ3v) is 4.51. The maximum atomic E-state index is 11.5. The van der Waals surface area contributed by atoms with Crippen LogP contribution in [0.3, 0.4) is 0 Å². The van der Waals surface area contributed by atoms with Gasteiger partial charge in [0, 0.05) is 11.9 Å². The monoisotopic (exact) mass is 319 g/mol. The Morgan fingerprint density at radius 1 is 1.19 bits per heavy atom. The number of sulfonamides is 1. The van der Waals surface area contributed by atoms with Crippen LogP contribution >= 0.6 is 46.8 Å². The molecule has 0 atom stereocenters. The number of halogens is 3. The number of hydrogen-bond donors (Lipinski definition) is 0. The van der Waals surface area contributed by atoms with Gasteiger partial charge in [-0.3, -0.25) is 0 Å². The Balaban J connectivity index is 3.09. The fourth-order valence-corrected chi connectivity index (χ4v) is 3.74. The van der Waals surface area contributed by atoms with Crippen molar-refractivity contribution in [1.82, 2.24) is 0 Å². The summed E-state index contributed by atoms with van der Waals surface area (Å²) in [6.45, 7) is 0. The second kappa shape index (κ2) is 5.23. The molecule has 3 nitrogen and oxygen atoms in total. The highest BCUT2D eigenvalue weighted by molar-refractivity contribution is 8.17. The minimum absolute atomic E-state index is 0.432. The van der Waals surface area contributed by atoms with Crippen molar-refractivity contribution < 1.29 is 8.42 Å². The van der Waals surface area contributed by atoms with Crippen LogP contribution in [0.4, 0.5) is 5.69 Å². The van der Waals surface area contributed by atoms with Gasteiger partial charge in [0.1, 0.15) is 0 Å². The number of rotatable bonds is 3. The van der Waals surface area contributed by atoms with Crippen LogP contribution in [-0.2, 0) is 10.0 Å². The van der Waals surface area contributed by atoms with Crippen LogP contribution in [0.1, 0.15) is 0 Å². The molecule has 0 aliphatic carbocycles. The lowest BCUT2D eigenvalue weighted by Crippen LogP contribution is -2.25. The summed E-state index contributed by atoms with van der Waals surface area (Å²) in [5, 5.41) is 0. The van der Waals surface area contributed by atoms with E-state index in [1.165, 1.54) is 0 Å². The number of hydrogen-bond acceptors (Lipinski definition) is 3. The molecular formula is C8H8Cl3NO2S2. The van der Waals surface area contributed by atoms with Crippen molar-refractivity contribution in [1.29, 1.82) is 0 Å². The highest BCUT2D eigenvalue weighted by atomic mass is 35.6. The standard InChI is InChI=1S/C8H8Cl3NO2S2/c1-16(13,14)12(15-8(9,10)11)7-5-3-2-4-6-7/h2-6H,1H3. The van der Waals surface area contributed by atoms with Crippen molar-refractivity contribution in [2.24, 2.45) is 0 Å². The Bertz CT molecular complexity index is 444. The van der Waals surface area contributed by atoms with E-state index in [2.05, 4.69) is 0 Å². The van der Waals surface area contributed by atoms with Gasteiger partial charge in [0.15, 0.2) is 0 Å². The summed E-state index contributed by atoms with van der Waals surface area (Å²) < 4.78 is 22.3. The molecule has 0 spiro atoms. The minimum Gasteiger partial charge on any atom is -0.208 e. The Kier molecular flexibility index (Phi) is 4.66. The van der Waals surface area contributed by atoms with Crippen molar-refractivity contribution in [3.8, 4) is 0 Å². The molecule has 0 aliphatic heterocycles. The molecule has 0 saturated heterocycles. The fraction of sp³-hybridized carbons (Fsp3) is 0.250. The van der Waals surface area contributed by atoms with Gasteiger partial charge in [-0.2, -0.15) is 0 Å². The van der Waals surface area contributed by atoms with Gasteiger partial charge in [-0.05, 0) is 12.1 Å². The van der Waals surface area contributed by atoms with E-state index in [9.17, 15) is 8.42 Å². The van der Waals surface area contributed by atoms with Crippen molar-refractivity contribution in [2.45, 2.75) is 3.12 Å². The van der Waals surface area contributed by atoms with Crippen LogP contribution in [0.25, 0.3) is 0 Å². The summed E-state index contributed by atoms with van der Waals surface area (Å²) in [6.07, 6.45) is 1.05. The Morgan fingerprint density at radius 3 is 2.06 bits per heavy atom. The first-order valence-corrected chi connectivity index (χ1v) is 7.77. The second-order valence-corrected chi connectivity index (χ2v) is 9.04. The van der Waals surface area contributed by atoms with Gasteiger partial charge >= 0.3 is 0 Å². The number of nitrogens with zero attached hydrogens (tertiary/aromatic N) is 1. The summed E-state index contributed by atoms with van der Waals surface area (Å²) in [7, 11) is -3.51. The third kappa shape index (κ3) is 4.59. The summed E-state index contributed by atoms with van der Waals surface area (Å²) in [6, 6.07) is 8.40. The molecule has 90 valence electrons. The molecule has 8 heteroatoms. The molecule has 16 heavy (non-hydrogen) atoms. The normalized spacial score (nSPS) is 12.5. The van der Waals surface area contributed by atoms with Crippen LogP contribution in [0.2, 0.25) is 0 Å². The average molecular weight is 321 g/mol. The van der Waals surface area contributed by atoms with E-state index in [4.69, 9.17) is 34.8 Å². The van der Waals surface area contributed by atoms with Gasteiger partial charge in [0.05, 0.1) is 11.9 Å². The molecule has 0 aliphatic rings. The van der Waals surface area contributed by atoms with Crippen molar-refractivity contribution in [3.63, 3.8) is 0 Å². The first kappa shape index (κ1) is 14.3. The molecule has 0 N–H and O–H groups in total. The molecule has 0 saturated carbocycles. The summed E-state index contributed by atoms with van der Waals surface area (Å²) in [4.78, 5) is 0. The van der Waals surface area contributed by atoms with Gasteiger partial charge in [-0.25, -0.2) is 12.1 Å². The Morgan fingerprint density at radius 2 is 1.69 bits per heavy atom. The van der Waals surface area contributed by atoms with E-state index >= 15 is 0 Å². The van der Waals surface area contributed by atoms with E-state index in [-0.39, 0.29) is 0 Å². The van der Waals surface area contributed by atoms with Crippen LogP contribution in [0, 0.1) is 0 Å². The lowest BCUT2D eigenvalue weighted by molar-refractivity contribution is 0.604. The lowest BCUT2D eigenvalue weighted by atomic mass is 10.3. The molecule has 0 unspecified atom stereocenters. The molecule has 1 aromatic carbocycles. The number of para-hydroxylation sites is 1. The van der Waals surface area contributed by atoms with E-state index in [0.717, 1.165) is 9.97 Å². The highest BCUT2D eigenvalue weighted by Crippen LogP contribution is 2.43. The zero-order valence-corrected chi connectivity index (χ0v) is 12.0. The molecule has 0 bridgehead atoms. The Hall–Kier alpha value is 0.190. The van der Waals surface area contributed by atoms with Crippen LogP contribution in [0.15, 0.2) is 30.3 Å². The number of alkyl halides is 3. The van der Waals surface area contributed by atoms with Crippen molar-refractivity contribution in [2.75, 3.05) is 9.97 Å². The number of anilines is 1. The van der Waals surface area contributed by atoms with Gasteiger partial charge in [-0.15, -0.1) is 0 Å². The van der Waals surface area contributed by atoms with Crippen molar-refractivity contribution in [3.05, 3.63) is 30.3 Å². The summed E-state index contributed by atoms with van der Waals surface area (Å²) in [5.41, 5.74) is 0.432. The van der Waals surface area contributed by atoms with Gasteiger partial charge in [0.2, 0.25) is 10.0 Å². The molecule has 1 aromatic rings. The SMILES string of the molecule is CS(=O)(=O)N(SC(Cl)(Cl)Cl)c1ccccc1. The quantitative estimate of drug-likeness (QED) is 0.632. The van der Waals surface area contributed by atoms with Gasteiger partial charge in [-0.1, -0.05) is 53.0 Å². The molecule has 0 heterocycles.